The number of nitrogens with zero attached hydrogens (tertiary/aromatic N) is 3. The highest BCUT2D eigenvalue weighted by molar-refractivity contribution is 5.96. The van der Waals surface area contributed by atoms with Crippen LogP contribution in [0.25, 0.3) is 17.0 Å². The summed E-state index contributed by atoms with van der Waals surface area (Å²) in [6.07, 6.45) is 4.57. The highest BCUT2D eigenvalue weighted by Crippen LogP contribution is 2.27. The van der Waals surface area contributed by atoms with E-state index in [0.717, 1.165) is 33.3 Å². The Hall–Kier alpha value is -4.70. The predicted octanol–water partition coefficient (Wildman–Crippen LogP) is 4.77. The van der Waals surface area contributed by atoms with Crippen LogP contribution in [0.1, 0.15) is 27.9 Å². The van der Waals surface area contributed by atoms with Crippen molar-refractivity contribution in [3.05, 3.63) is 101 Å². The minimum absolute atomic E-state index is 0.390. The third-order valence-electron chi connectivity index (χ3n) is 5.79. The van der Waals surface area contributed by atoms with Gasteiger partial charge in [0.15, 0.2) is 6.61 Å². The van der Waals surface area contributed by atoms with Gasteiger partial charge in [0.1, 0.15) is 11.9 Å². The summed E-state index contributed by atoms with van der Waals surface area (Å²) in [5, 5.41) is 13.4. The number of nitrogens with one attached hydrogen (secondary N) is 1. The van der Waals surface area contributed by atoms with Crippen molar-refractivity contribution in [2.24, 2.45) is 0 Å². The van der Waals surface area contributed by atoms with Crippen molar-refractivity contribution in [3.8, 4) is 6.07 Å². The predicted molar refractivity (Wildman–Crippen MR) is 135 cm³/mol. The summed E-state index contributed by atoms with van der Waals surface area (Å²) >= 11 is 0. The first kappa shape index (κ1) is 23.5. The number of anilines is 1. The molecule has 0 radical (unpaired) electrons. The Morgan fingerprint density at radius 3 is 2.63 bits per heavy atom. The summed E-state index contributed by atoms with van der Waals surface area (Å²) < 4.78 is 7.01. The number of para-hydroxylation sites is 1. The number of hydrogen-bond acceptors (Lipinski definition) is 5. The number of hydrogen-bond donors (Lipinski definition) is 1. The number of ether oxygens (including phenoxy) is 1. The maximum absolute atomic E-state index is 12.6. The largest absolute Gasteiger partial charge is 0.452 e. The van der Waals surface area contributed by atoms with Crippen molar-refractivity contribution < 1.29 is 14.3 Å². The van der Waals surface area contributed by atoms with Gasteiger partial charge in [0.2, 0.25) is 0 Å². The molecule has 2 aromatic heterocycles. The van der Waals surface area contributed by atoms with E-state index in [2.05, 4.69) is 16.4 Å². The molecule has 1 N–H and O–H groups in total. The van der Waals surface area contributed by atoms with Crippen molar-refractivity contribution in [1.29, 1.82) is 5.26 Å². The van der Waals surface area contributed by atoms with E-state index in [0.29, 0.717) is 17.9 Å². The van der Waals surface area contributed by atoms with Crippen molar-refractivity contribution >= 4 is 34.7 Å². The zero-order valence-corrected chi connectivity index (χ0v) is 19.5. The smallest absolute Gasteiger partial charge is 0.331 e. The SMILES string of the molecule is Cc1c(C#N)c(NC(=O)COC(=O)/C=C/c2cccc3cccnc23)n(Cc2ccccc2)c1C. The molecule has 1 amide bonds. The molecule has 35 heavy (non-hydrogen) atoms. The van der Waals surface area contributed by atoms with Gasteiger partial charge in [-0.2, -0.15) is 5.26 Å². The molecular formula is C28H24N4O3. The summed E-state index contributed by atoms with van der Waals surface area (Å²) in [4.78, 5) is 29.2. The molecule has 0 atom stereocenters. The topological polar surface area (TPSA) is 97.0 Å². The molecule has 0 aliphatic heterocycles. The van der Waals surface area contributed by atoms with E-state index in [4.69, 9.17) is 4.74 Å². The number of rotatable bonds is 7. The maximum atomic E-state index is 12.6. The first-order chi connectivity index (χ1) is 17.0. The van der Waals surface area contributed by atoms with Gasteiger partial charge in [-0.25, -0.2) is 4.79 Å². The molecule has 174 valence electrons. The number of amides is 1. The third-order valence-corrected chi connectivity index (χ3v) is 5.79. The summed E-state index contributed by atoms with van der Waals surface area (Å²) in [6.45, 7) is 3.77. The van der Waals surface area contributed by atoms with E-state index in [9.17, 15) is 14.9 Å². The molecular weight excluding hydrogens is 440 g/mol. The van der Waals surface area contributed by atoms with E-state index >= 15 is 0 Å². The van der Waals surface area contributed by atoms with E-state index in [-0.39, 0.29) is 0 Å². The summed E-state index contributed by atoms with van der Waals surface area (Å²) in [5.41, 5.74) is 4.64. The summed E-state index contributed by atoms with van der Waals surface area (Å²) in [5.74, 6) is -0.785. The van der Waals surface area contributed by atoms with E-state index in [1.807, 2.05) is 79.1 Å². The lowest BCUT2D eigenvalue weighted by Gasteiger charge is -2.13. The van der Waals surface area contributed by atoms with Crippen LogP contribution in [-0.2, 0) is 20.9 Å². The number of fused-ring (bicyclic) bond motifs is 1. The molecule has 0 aliphatic rings. The number of nitriles is 1. The van der Waals surface area contributed by atoms with Crippen LogP contribution in [0, 0.1) is 25.2 Å². The van der Waals surface area contributed by atoms with Gasteiger partial charge in [0.05, 0.1) is 11.1 Å². The Morgan fingerprint density at radius 1 is 1.09 bits per heavy atom. The van der Waals surface area contributed by atoms with Crippen molar-refractivity contribution in [1.82, 2.24) is 9.55 Å². The van der Waals surface area contributed by atoms with Gasteiger partial charge in [-0.3, -0.25) is 9.78 Å². The summed E-state index contributed by atoms with van der Waals surface area (Å²) in [6, 6.07) is 21.4. The fourth-order valence-electron chi connectivity index (χ4n) is 3.87. The van der Waals surface area contributed by atoms with E-state index in [1.165, 1.54) is 6.08 Å². The van der Waals surface area contributed by atoms with Crippen molar-refractivity contribution in [2.45, 2.75) is 20.4 Å². The van der Waals surface area contributed by atoms with Gasteiger partial charge in [-0.05, 0) is 37.1 Å². The lowest BCUT2D eigenvalue weighted by molar-refractivity contribution is -0.142. The Bertz CT molecular complexity index is 1460. The van der Waals surface area contributed by atoms with Crippen LogP contribution in [0.2, 0.25) is 0 Å². The quantitative estimate of drug-likeness (QED) is 0.314. The molecule has 0 fully saturated rings. The van der Waals surface area contributed by atoms with Crippen LogP contribution in [0.15, 0.2) is 72.9 Å². The highest BCUT2D eigenvalue weighted by atomic mass is 16.5. The van der Waals surface area contributed by atoms with Crippen LogP contribution in [-0.4, -0.2) is 28.0 Å². The van der Waals surface area contributed by atoms with Crippen molar-refractivity contribution in [2.75, 3.05) is 11.9 Å². The van der Waals surface area contributed by atoms with E-state index < -0.39 is 18.5 Å². The normalized spacial score (nSPS) is 10.9. The van der Waals surface area contributed by atoms with Crippen LogP contribution < -0.4 is 5.32 Å². The minimum atomic E-state index is -0.652. The van der Waals surface area contributed by atoms with Crippen molar-refractivity contribution in [3.63, 3.8) is 0 Å². The van der Waals surface area contributed by atoms with Crippen LogP contribution in [0.5, 0.6) is 0 Å². The Kier molecular flexibility index (Phi) is 7.03. The zero-order chi connectivity index (χ0) is 24.8. The Labute approximate surface area is 203 Å². The molecule has 4 rings (SSSR count). The molecule has 0 unspecified atom stereocenters. The standard InChI is InChI=1S/C28H24N4O3/c1-19-20(2)32(17-21-8-4-3-5-9-21)28(24(19)16-29)31-25(33)18-35-26(34)14-13-23-11-6-10-22-12-7-15-30-27(22)23/h3-15H,17-18H2,1-2H3,(H,31,33)/b14-13+. The number of carbonyl (C=O) groups is 2. The second-order valence-electron chi connectivity index (χ2n) is 8.03. The second kappa shape index (κ2) is 10.5. The number of esters is 1. The lowest BCUT2D eigenvalue weighted by atomic mass is 10.1. The van der Waals surface area contributed by atoms with Crippen LogP contribution in [0.3, 0.4) is 0 Å². The number of aromatic nitrogens is 2. The van der Waals surface area contributed by atoms with Crippen LogP contribution >= 0.6 is 0 Å². The van der Waals surface area contributed by atoms with Gasteiger partial charge in [-0.1, -0.05) is 54.6 Å². The van der Waals surface area contributed by atoms with Gasteiger partial charge >= 0.3 is 5.97 Å². The minimum Gasteiger partial charge on any atom is -0.452 e. The molecule has 4 aromatic rings. The zero-order valence-electron chi connectivity index (χ0n) is 19.5. The first-order valence-corrected chi connectivity index (χ1v) is 11.1. The van der Waals surface area contributed by atoms with Gasteiger partial charge in [-0.15, -0.1) is 0 Å². The third kappa shape index (κ3) is 5.28. The van der Waals surface area contributed by atoms with Gasteiger partial charge in [0, 0.05) is 35.5 Å². The van der Waals surface area contributed by atoms with E-state index in [1.54, 1.807) is 12.3 Å². The Morgan fingerprint density at radius 2 is 1.86 bits per heavy atom. The molecule has 0 spiro atoms. The second-order valence-corrected chi connectivity index (χ2v) is 8.03. The Balaban J connectivity index is 1.44. The van der Waals surface area contributed by atoms with Gasteiger partial charge < -0.3 is 14.6 Å². The molecule has 2 heterocycles. The lowest BCUT2D eigenvalue weighted by Crippen LogP contribution is -2.22. The molecule has 0 bridgehead atoms. The highest BCUT2D eigenvalue weighted by Gasteiger charge is 2.20. The number of benzene rings is 2. The fourth-order valence-corrected chi connectivity index (χ4v) is 3.87. The summed E-state index contributed by atoms with van der Waals surface area (Å²) in [7, 11) is 0. The number of pyridine rings is 1. The molecule has 7 heteroatoms. The molecule has 0 aliphatic carbocycles. The molecule has 7 nitrogen and oxygen atoms in total. The number of carbonyl (C=O) groups excluding carboxylic acids is 2. The average Bonchev–Trinajstić information content (AvgIpc) is 3.10. The fraction of sp³-hybridized carbons (Fsp3) is 0.143. The average molecular weight is 465 g/mol. The maximum Gasteiger partial charge on any atom is 0.331 e. The molecule has 0 saturated carbocycles. The van der Waals surface area contributed by atoms with Gasteiger partial charge in [0.25, 0.3) is 5.91 Å². The first-order valence-electron chi connectivity index (χ1n) is 11.1. The monoisotopic (exact) mass is 464 g/mol. The van der Waals surface area contributed by atoms with Crippen LogP contribution in [0.4, 0.5) is 5.82 Å². The molecule has 2 aromatic carbocycles. The molecule has 0 saturated heterocycles.